The van der Waals surface area contributed by atoms with E-state index in [1.54, 1.807) is 0 Å². The summed E-state index contributed by atoms with van der Waals surface area (Å²) in [7, 11) is 0. The molecule has 1 aliphatic heterocycles. The fourth-order valence-corrected chi connectivity index (χ4v) is 1.39. The van der Waals surface area contributed by atoms with Crippen LogP contribution in [0.4, 0.5) is 5.82 Å². The first-order chi connectivity index (χ1) is 6.29. The van der Waals surface area contributed by atoms with Crippen LogP contribution in [-0.2, 0) is 17.8 Å². The monoisotopic (exact) mass is 177 g/mol. The molecule has 1 amide bonds. The molecule has 68 valence electrons. The van der Waals surface area contributed by atoms with Crippen molar-refractivity contribution >= 4 is 11.7 Å². The fraction of sp³-hybridized carbons (Fsp3) is 0.333. The number of pyridine rings is 1. The van der Waals surface area contributed by atoms with Crippen LogP contribution in [0.1, 0.15) is 17.7 Å². The molecule has 1 aromatic rings. The Bertz CT molecular complexity index is 349. The standard InChI is InChI=1S/C9H11N3O/c10-5-7-3-1-6-2-4-8(13)12-9(6)11-7/h1,3H,2,4-5,10H2,(H,11,12,13). The van der Waals surface area contributed by atoms with Gasteiger partial charge in [0.1, 0.15) is 5.82 Å². The molecule has 0 fully saturated rings. The van der Waals surface area contributed by atoms with Crippen molar-refractivity contribution in [1.82, 2.24) is 4.98 Å². The van der Waals surface area contributed by atoms with E-state index < -0.39 is 0 Å². The molecule has 13 heavy (non-hydrogen) atoms. The van der Waals surface area contributed by atoms with Crippen LogP contribution in [0.25, 0.3) is 0 Å². The zero-order chi connectivity index (χ0) is 9.26. The van der Waals surface area contributed by atoms with Gasteiger partial charge in [0, 0.05) is 13.0 Å². The average Bonchev–Trinajstić information content (AvgIpc) is 2.16. The van der Waals surface area contributed by atoms with Gasteiger partial charge in [0.2, 0.25) is 5.91 Å². The number of carbonyl (C=O) groups excluding carboxylic acids is 1. The molecule has 0 saturated heterocycles. The van der Waals surface area contributed by atoms with Gasteiger partial charge in [-0.3, -0.25) is 4.79 Å². The van der Waals surface area contributed by atoms with E-state index in [0.29, 0.717) is 18.8 Å². The molecule has 1 aliphatic rings. The van der Waals surface area contributed by atoms with Gasteiger partial charge in [0.25, 0.3) is 0 Å². The fourth-order valence-electron chi connectivity index (χ4n) is 1.39. The number of hydrogen-bond acceptors (Lipinski definition) is 3. The zero-order valence-electron chi connectivity index (χ0n) is 7.21. The quantitative estimate of drug-likeness (QED) is 0.653. The topological polar surface area (TPSA) is 68.0 Å². The smallest absolute Gasteiger partial charge is 0.225 e. The predicted molar refractivity (Wildman–Crippen MR) is 49.1 cm³/mol. The highest BCUT2D eigenvalue weighted by molar-refractivity contribution is 5.92. The number of hydrogen-bond donors (Lipinski definition) is 2. The number of rotatable bonds is 1. The summed E-state index contributed by atoms with van der Waals surface area (Å²) in [6.45, 7) is 0.406. The number of aryl methyl sites for hydroxylation is 1. The highest BCUT2D eigenvalue weighted by Gasteiger charge is 2.15. The van der Waals surface area contributed by atoms with E-state index >= 15 is 0 Å². The number of nitrogens with zero attached hydrogens (tertiary/aromatic N) is 1. The van der Waals surface area contributed by atoms with Crippen molar-refractivity contribution in [3.8, 4) is 0 Å². The normalized spacial score (nSPS) is 15.0. The van der Waals surface area contributed by atoms with Crippen molar-refractivity contribution in [3.63, 3.8) is 0 Å². The van der Waals surface area contributed by atoms with E-state index in [4.69, 9.17) is 5.73 Å². The zero-order valence-corrected chi connectivity index (χ0v) is 7.21. The van der Waals surface area contributed by atoms with E-state index in [9.17, 15) is 4.79 Å². The number of anilines is 1. The van der Waals surface area contributed by atoms with Crippen LogP contribution in [-0.4, -0.2) is 10.9 Å². The van der Waals surface area contributed by atoms with Crippen molar-refractivity contribution in [2.75, 3.05) is 5.32 Å². The molecule has 4 heteroatoms. The molecule has 4 nitrogen and oxygen atoms in total. The van der Waals surface area contributed by atoms with Crippen molar-refractivity contribution in [1.29, 1.82) is 0 Å². The molecule has 0 saturated carbocycles. The van der Waals surface area contributed by atoms with Gasteiger partial charge in [-0.05, 0) is 18.1 Å². The maximum Gasteiger partial charge on any atom is 0.225 e. The van der Waals surface area contributed by atoms with E-state index in [-0.39, 0.29) is 5.91 Å². The summed E-state index contributed by atoms with van der Waals surface area (Å²) in [5.41, 5.74) is 7.34. The Balaban J connectivity index is 2.38. The van der Waals surface area contributed by atoms with Crippen molar-refractivity contribution < 1.29 is 4.79 Å². The number of nitrogens with one attached hydrogen (secondary N) is 1. The highest BCUT2D eigenvalue weighted by Crippen LogP contribution is 2.19. The number of carbonyl (C=O) groups is 1. The molecule has 0 aromatic carbocycles. The molecule has 2 rings (SSSR count). The molecule has 1 aromatic heterocycles. The van der Waals surface area contributed by atoms with Gasteiger partial charge in [-0.2, -0.15) is 0 Å². The van der Waals surface area contributed by atoms with Gasteiger partial charge in [-0.25, -0.2) is 4.98 Å². The van der Waals surface area contributed by atoms with E-state index in [1.807, 2.05) is 12.1 Å². The summed E-state index contributed by atoms with van der Waals surface area (Å²) in [6, 6.07) is 3.88. The maximum atomic E-state index is 11.0. The third-order valence-electron chi connectivity index (χ3n) is 2.12. The highest BCUT2D eigenvalue weighted by atomic mass is 16.1. The van der Waals surface area contributed by atoms with Crippen molar-refractivity contribution in [3.05, 3.63) is 23.4 Å². The Morgan fingerprint density at radius 2 is 2.31 bits per heavy atom. The first-order valence-corrected chi connectivity index (χ1v) is 4.28. The van der Waals surface area contributed by atoms with E-state index in [1.165, 1.54) is 0 Å². The Kier molecular flexibility index (Phi) is 1.98. The lowest BCUT2D eigenvalue weighted by Gasteiger charge is -2.15. The summed E-state index contributed by atoms with van der Waals surface area (Å²) < 4.78 is 0. The summed E-state index contributed by atoms with van der Waals surface area (Å²) >= 11 is 0. The SMILES string of the molecule is NCc1ccc2c(n1)NC(=O)CC2. The summed E-state index contributed by atoms with van der Waals surface area (Å²) in [6.07, 6.45) is 1.33. The Hall–Kier alpha value is -1.42. The second kappa shape index (κ2) is 3.14. The molecule has 0 radical (unpaired) electrons. The van der Waals surface area contributed by atoms with E-state index in [2.05, 4.69) is 10.3 Å². The lowest BCUT2D eigenvalue weighted by atomic mass is 10.1. The van der Waals surface area contributed by atoms with Gasteiger partial charge in [-0.15, -0.1) is 0 Å². The lowest BCUT2D eigenvalue weighted by Crippen LogP contribution is -2.20. The van der Waals surface area contributed by atoms with Crippen molar-refractivity contribution in [2.45, 2.75) is 19.4 Å². The molecular formula is C9H11N3O. The van der Waals surface area contributed by atoms with Crippen LogP contribution in [0.15, 0.2) is 12.1 Å². The predicted octanol–water partition coefficient (Wildman–Crippen LogP) is 0.425. The van der Waals surface area contributed by atoms with Crippen LogP contribution in [0, 0.1) is 0 Å². The summed E-state index contributed by atoms with van der Waals surface area (Å²) in [5.74, 6) is 0.716. The second-order valence-corrected chi connectivity index (χ2v) is 3.06. The molecule has 0 spiro atoms. The largest absolute Gasteiger partial charge is 0.325 e. The first kappa shape index (κ1) is 8.19. The van der Waals surface area contributed by atoms with Crippen LogP contribution in [0.3, 0.4) is 0 Å². The summed E-state index contributed by atoms with van der Waals surface area (Å²) in [5, 5.41) is 2.73. The van der Waals surface area contributed by atoms with Gasteiger partial charge in [-0.1, -0.05) is 6.07 Å². The molecule has 0 bridgehead atoms. The number of nitrogens with two attached hydrogens (primary N) is 1. The van der Waals surface area contributed by atoms with Gasteiger partial charge >= 0.3 is 0 Å². The van der Waals surface area contributed by atoms with Crippen LogP contribution in [0.2, 0.25) is 0 Å². The molecule has 2 heterocycles. The summed E-state index contributed by atoms with van der Waals surface area (Å²) in [4.78, 5) is 15.3. The second-order valence-electron chi connectivity index (χ2n) is 3.06. The minimum atomic E-state index is 0.0363. The van der Waals surface area contributed by atoms with Crippen LogP contribution in [0.5, 0.6) is 0 Å². The average molecular weight is 177 g/mol. The molecule has 3 N–H and O–H groups in total. The Morgan fingerprint density at radius 3 is 3.08 bits per heavy atom. The van der Waals surface area contributed by atoms with E-state index in [0.717, 1.165) is 17.7 Å². The number of aromatic nitrogens is 1. The van der Waals surface area contributed by atoms with Gasteiger partial charge in [0.15, 0.2) is 0 Å². The van der Waals surface area contributed by atoms with Crippen molar-refractivity contribution in [2.24, 2.45) is 5.73 Å². The molecule has 0 atom stereocenters. The third kappa shape index (κ3) is 1.53. The van der Waals surface area contributed by atoms with Crippen LogP contribution < -0.4 is 11.1 Å². The van der Waals surface area contributed by atoms with Gasteiger partial charge < -0.3 is 11.1 Å². The molecular weight excluding hydrogens is 166 g/mol. The Morgan fingerprint density at radius 1 is 1.46 bits per heavy atom. The molecule has 0 aliphatic carbocycles. The number of fused-ring (bicyclic) bond motifs is 1. The van der Waals surface area contributed by atoms with Gasteiger partial charge in [0.05, 0.1) is 5.69 Å². The third-order valence-corrected chi connectivity index (χ3v) is 2.12. The Labute approximate surface area is 76.2 Å². The first-order valence-electron chi connectivity index (χ1n) is 4.28. The number of amides is 1. The van der Waals surface area contributed by atoms with Crippen LogP contribution >= 0.6 is 0 Å². The minimum absolute atomic E-state index is 0.0363. The lowest BCUT2D eigenvalue weighted by molar-refractivity contribution is -0.116. The minimum Gasteiger partial charge on any atom is -0.325 e. The molecule has 0 unspecified atom stereocenters. The maximum absolute atomic E-state index is 11.0.